The largest absolute Gasteiger partial charge is 0.494 e. The molecule has 2 fully saturated rings. The number of hydrogen-bond acceptors (Lipinski definition) is 6. The Labute approximate surface area is 306 Å². The number of carbonyl (C=O) groups excluding carboxylic acids is 1. The highest BCUT2D eigenvalue weighted by Gasteiger charge is 2.31. The first-order valence-corrected chi connectivity index (χ1v) is 19.5. The van der Waals surface area contributed by atoms with Crippen LogP contribution in [0.25, 0.3) is 16.7 Å². The number of rotatable bonds is 15. The summed E-state index contributed by atoms with van der Waals surface area (Å²) >= 11 is 0. The number of aryl methyl sites for hydroxylation is 2. The summed E-state index contributed by atoms with van der Waals surface area (Å²) in [4.78, 5) is 22.0. The third-order valence-electron chi connectivity index (χ3n) is 11.0. The summed E-state index contributed by atoms with van der Waals surface area (Å²) in [6, 6.07) is 21.8. The van der Waals surface area contributed by atoms with E-state index in [0.29, 0.717) is 18.1 Å². The van der Waals surface area contributed by atoms with E-state index < -0.39 is 0 Å². The Morgan fingerprint density at radius 1 is 0.843 bits per heavy atom. The third-order valence-corrected chi connectivity index (χ3v) is 11.0. The number of piperidine rings is 1. The molecule has 3 aliphatic heterocycles. The summed E-state index contributed by atoms with van der Waals surface area (Å²) < 4.78 is 12.5. The van der Waals surface area contributed by atoms with Crippen LogP contribution in [0.3, 0.4) is 0 Å². The lowest BCUT2D eigenvalue weighted by Crippen LogP contribution is -2.54. The number of Topliss-reactive ketones (excluding diaryl/α,β-unsaturated/α-hetero) is 1. The number of anilines is 1. The Balaban J connectivity index is 0.862. The Hall–Kier alpha value is -3.74. The molecule has 3 heterocycles. The van der Waals surface area contributed by atoms with E-state index in [4.69, 9.17) is 9.47 Å². The molecule has 3 aromatic carbocycles. The molecule has 272 valence electrons. The van der Waals surface area contributed by atoms with Crippen molar-refractivity contribution in [3.8, 4) is 16.9 Å². The maximum Gasteiger partial charge on any atom is 0.165 e. The molecule has 0 radical (unpaired) electrons. The number of benzene rings is 3. The van der Waals surface area contributed by atoms with Crippen LogP contribution in [0.1, 0.15) is 93.3 Å². The lowest BCUT2D eigenvalue weighted by molar-refractivity contribution is -0.0527. The SMILES string of the molecule is Cc1cc(OCCCCCN2CCC(OC3CN(c4ccc(-c5ccc(C6=C(C(C)C)CCN=C6)c(C)c5)cc4)C3)CC2)ccc1C(=O)C(C)C. The smallest absolute Gasteiger partial charge is 0.165 e. The minimum atomic E-state index is 0.0113. The third kappa shape index (κ3) is 9.39. The molecular formula is C45H59N3O3. The van der Waals surface area contributed by atoms with E-state index in [2.05, 4.69) is 84.2 Å². The van der Waals surface area contributed by atoms with Crippen molar-refractivity contribution in [1.82, 2.24) is 4.90 Å². The van der Waals surface area contributed by atoms with Gasteiger partial charge in [-0.05, 0) is 129 Å². The fraction of sp³-hybridized carbons (Fsp3) is 0.511. The minimum absolute atomic E-state index is 0.0113. The zero-order valence-corrected chi connectivity index (χ0v) is 31.9. The van der Waals surface area contributed by atoms with Gasteiger partial charge in [-0.3, -0.25) is 9.79 Å². The van der Waals surface area contributed by atoms with Gasteiger partial charge in [0.25, 0.3) is 0 Å². The van der Waals surface area contributed by atoms with Gasteiger partial charge in [-0.1, -0.05) is 63.6 Å². The summed E-state index contributed by atoms with van der Waals surface area (Å²) in [6.07, 6.45) is 9.54. The van der Waals surface area contributed by atoms with E-state index in [1.165, 1.54) is 45.5 Å². The van der Waals surface area contributed by atoms with Gasteiger partial charge in [0.05, 0.1) is 18.8 Å². The predicted octanol–water partition coefficient (Wildman–Crippen LogP) is 9.61. The van der Waals surface area contributed by atoms with Crippen LogP contribution < -0.4 is 9.64 Å². The summed E-state index contributed by atoms with van der Waals surface area (Å²) in [7, 11) is 0. The van der Waals surface area contributed by atoms with Crippen LogP contribution in [0.4, 0.5) is 5.69 Å². The molecule has 6 nitrogen and oxygen atoms in total. The lowest BCUT2D eigenvalue weighted by Gasteiger charge is -2.43. The number of aliphatic imine (C=N–C) groups is 1. The quantitative estimate of drug-likeness (QED) is 0.118. The number of ether oxygens (including phenoxy) is 2. The molecular weight excluding hydrogens is 631 g/mol. The topological polar surface area (TPSA) is 54.4 Å². The van der Waals surface area contributed by atoms with Gasteiger partial charge in [0, 0.05) is 56.1 Å². The van der Waals surface area contributed by atoms with E-state index in [1.807, 2.05) is 39.0 Å². The van der Waals surface area contributed by atoms with Gasteiger partial charge in [0.2, 0.25) is 0 Å². The molecule has 2 saturated heterocycles. The lowest BCUT2D eigenvalue weighted by atomic mass is 9.87. The first kappa shape index (κ1) is 37.0. The van der Waals surface area contributed by atoms with Crippen molar-refractivity contribution in [2.24, 2.45) is 16.8 Å². The van der Waals surface area contributed by atoms with Gasteiger partial charge in [0.15, 0.2) is 5.78 Å². The second-order valence-electron chi connectivity index (χ2n) is 15.6. The molecule has 51 heavy (non-hydrogen) atoms. The van der Waals surface area contributed by atoms with Crippen LogP contribution in [0.15, 0.2) is 71.2 Å². The van der Waals surface area contributed by atoms with Crippen molar-refractivity contribution in [2.45, 2.75) is 92.3 Å². The number of likely N-dealkylation sites (tertiary alicyclic amines) is 1. The maximum absolute atomic E-state index is 12.3. The highest BCUT2D eigenvalue weighted by molar-refractivity contribution is 6.12. The van der Waals surface area contributed by atoms with Crippen LogP contribution >= 0.6 is 0 Å². The van der Waals surface area contributed by atoms with E-state index in [0.717, 1.165) is 94.9 Å². The second kappa shape index (κ2) is 17.2. The van der Waals surface area contributed by atoms with E-state index in [1.54, 1.807) is 0 Å². The summed E-state index contributed by atoms with van der Waals surface area (Å²) in [6.45, 7) is 19.7. The van der Waals surface area contributed by atoms with Crippen LogP contribution in [-0.4, -0.2) is 75.0 Å². The number of carbonyl (C=O) groups is 1. The predicted molar refractivity (Wildman–Crippen MR) is 213 cm³/mol. The van der Waals surface area contributed by atoms with Gasteiger partial charge in [-0.25, -0.2) is 0 Å². The van der Waals surface area contributed by atoms with Crippen molar-refractivity contribution in [3.63, 3.8) is 0 Å². The average Bonchev–Trinajstić information content (AvgIpc) is 3.11. The van der Waals surface area contributed by atoms with Crippen LogP contribution in [0.2, 0.25) is 0 Å². The first-order chi connectivity index (χ1) is 24.7. The van der Waals surface area contributed by atoms with Crippen LogP contribution in [0, 0.1) is 25.7 Å². The average molecular weight is 690 g/mol. The van der Waals surface area contributed by atoms with Crippen molar-refractivity contribution in [2.75, 3.05) is 50.8 Å². The zero-order valence-electron chi connectivity index (χ0n) is 31.9. The number of allylic oxidation sites excluding steroid dienone is 1. The molecule has 6 rings (SSSR count). The zero-order chi connectivity index (χ0) is 35.9. The number of dihydropyridines is 1. The Bertz CT molecular complexity index is 1690. The molecule has 0 N–H and O–H groups in total. The van der Waals surface area contributed by atoms with Gasteiger partial charge in [0.1, 0.15) is 5.75 Å². The molecule has 3 aliphatic rings. The minimum Gasteiger partial charge on any atom is -0.494 e. The number of unbranched alkanes of at least 4 members (excludes halogenated alkanes) is 2. The highest BCUT2D eigenvalue weighted by Crippen LogP contribution is 2.33. The highest BCUT2D eigenvalue weighted by atomic mass is 16.5. The molecule has 0 spiro atoms. The fourth-order valence-electron chi connectivity index (χ4n) is 7.80. The van der Waals surface area contributed by atoms with Crippen LogP contribution in [-0.2, 0) is 4.74 Å². The van der Waals surface area contributed by atoms with Crippen molar-refractivity contribution < 1.29 is 14.3 Å². The fourth-order valence-corrected chi connectivity index (χ4v) is 7.80. The molecule has 6 heteroatoms. The summed E-state index contributed by atoms with van der Waals surface area (Å²) in [5.74, 6) is 1.61. The van der Waals surface area contributed by atoms with Crippen molar-refractivity contribution in [1.29, 1.82) is 0 Å². The molecule has 0 saturated carbocycles. The Morgan fingerprint density at radius 3 is 2.27 bits per heavy atom. The van der Waals surface area contributed by atoms with Crippen LogP contribution in [0.5, 0.6) is 5.75 Å². The molecule has 0 aliphatic carbocycles. The summed E-state index contributed by atoms with van der Waals surface area (Å²) in [5.41, 5.74) is 11.1. The standard InChI is InChI=1S/C45H59N3O3/c1-31(2)41-18-21-46-28-44(41)42-16-12-36(26-33(42)5)35-10-13-37(14-11-35)48-29-40(30-48)51-38-19-23-47(24-20-38)22-8-7-9-25-50-39-15-17-43(34(6)27-39)45(49)32(3)4/h10-17,26-28,31-32,38,40H,7-9,18-25,29-30H2,1-6H3. The second-order valence-corrected chi connectivity index (χ2v) is 15.6. The van der Waals surface area contributed by atoms with E-state index in [9.17, 15) is 4.79 Å². The molecule has 0 aromatic heterocycles. The van der Waals surface area contributed by atoms with Gasteiger partial charge >= 0.3 is 0 Å². The van der Waals surface area contributed by atoms with Crippen molar-refractivity contribution in [3.05, 3.63) is 88.5 Å². The monoisotopic (exact) mass is 689 g/mol. The number of hydrogen-bond donors (Lipinski definition) is 0. The number of ketones is 1. The van der Waals surface area contributed by atoms with E-state index >= 15 is 0 Å². The molecule has 3 aromatic rings. The van der Waals surface area contributed by atoms with Crippen molar-refractivity contribution >= 4 is 23.3 Å². The molecule has 0 atom stereocenters. The Kier molecular flexibility index (Phi) is 12.5. The molecule has 0 amide bonds. The van der Waals surface area contributed by atoms with Gasteiger partial charge < -0.3 is 19.3 Å². The first-order valence-electron chi connectivity index (χ1n) is 19.5. The maximum atomic E-state index is 12.3. The van der Waals surface area contributed by atoms with E-state index in [-0.39, 0.29) is 11.7 Å². The normalized spacial score (nSPS) is 17.5. The molecule has 0 bridgehead atoms. The van der Waals surface area contributed by atoms with Gasteiger partial charge in [-0.2, -0.15) is 0 Å². The molecule has 0 unspecified atom stereocenters. The van der Waals surface area contributed by atoms with Gasteiger partial charge in [-0.15, -0.1) is 0 Å². The summed E-state index contributed by atoms with van der Waals surface area (Å²) in [5, 5.41) is 0. The number of nitrogens with zero attached hydrogens (tertiary/aromatic N) is 3. The Morgan fingerprint density at radius 2 is 1.59 bits per heavy atom.